The molecule has 0 spiro atoms. The molecule has 1 unspecified atom stereocenters. The molecule has 2 nitrogen and oxygen atoms in total. The Bertz CT molecular complexity index is 507. The van der Waals surface area contributed by atoms with Crippen molar-refractivity contribution >= 4 is 5.69 Å². The maximum atomic E-state index is 10.3. The fourth-order valence-corrected chi connectivity index (χ4v) is 2.34. The normalized spacial score (nSPS) is 12.2. The molecule has 0 amide bonds. The molecule has 0 aromatic heterocycles. The fraction of sp³-hybridized carbons (Fsp3) is 0.333. The first-order chi connectivity index (χ1) is 9.70. The first kappa shape index (κ1) is 14.6. The SMILES string of the molecule is CCN(CCC(O)c1ccc(C)cc1)c1ccccc1. The maximum absolute atomic E-state index is 10.3. The summed E-state index contributed by atoms with van der Waals surface area (Å²) >= 11 is 0. The number of nitrogens with zero attached hydrogens (tertiary/aromatic N) is 1. The molecule has 0 heterocycles. The molecule has 0 aliphatic heterocycles. The Morgan fingerprint density at radius 2 is 1.65 bits per heavy atom. The van der Waals surface area contributed by atoms with Crippen LogP contribution in [0.1, 0.15) is 30.6 Å². The second kappa shape index (κ2) is 7.11. The molecule has 2 aromatic rings. The summed E-state index contributed by atoms with van der Waals surface area (Å²) < 4.78 is 0. The monoisotopic (exact) mass is 269 g/mol. The summed E-state index contributed by atoms with van der Waals surface area (Å²) in [5.41, 5.74) is 3.44. The van der Waals surface area contributed by atoms with Crippen molar-refractivity contribution in [3.8, 4) is 0 Å². The minimum atomic E-state index is -0.395. The first-order valence-corrected chi connectivity index (χ1v) is 7.25. The van der Waals surface area contributed by atoms with Crippen molar-refractivity contribution in [1.82, 2.24) is 0 Å². The van der Waals surface area contributed by atoms with E-state index >= 15 is 0 Å². The van der Waals surface area contributed by atoms with Gasteiger partial charge in [0.15, 0.2) is 0 Å². The average molecular weight is 269 g/mol. The number of aliphatic hydroxyl groups excluding tert-OH is 1. The molecule has 0 bridgehead atoms. The van der Waals surface area contributed by atoms with Gasteiger partial charge in [0.05, 0.1) is 6.10 Å². The van der Waals surface area contributed by atoms with Gasteiger partial charge in [0.25, 0.3) is 0 Å². The van der Waals surface area contributed by atoms with E-state index in [-0.39, 0.29) is 0 Å². The molecule has 0 fully saturated rings. The fourth-order valence-electron chi connectivity index (χ4n) is 2.34. The van der Waals surface area contributed by atoms with Crippen molar-refractivity contribution in [1.29, 1.82) is 0 Å². The van der Waals surface area contributed by atoms with Gasteiger partial charge in [-0.25, -0.2) is 0 Å². The van der Waals surface area contributed by atoms with Crippen molar-refractivity contribution in [3.63, 3.8) is 0 Å². The summed E-state index contributed by atoms with van der Waals surface area (Å²) in [6.45, 7) is 6.01. The highest BCUT2D eigenvalue weighted by Crippen LogP contribution is 2.20. The molecule has 106 valence electrons. The van der Waals surface area contributed by atoms with Crippen LogP contribution in [0.15, 0.2) is 54.6 Å². The number of aryl methyl sites for hydroxylation is 1. The number of rotatable bonds is 6. The number of aliphatic hydroxyl groups is 1. The van der Waals surface area contributed by atoms with Crippen molar-refractivity contribution in [2.45, 2.75) is 26.4 Å². The highest BCUT2D eigenvalue weighted by atomic mass is 16.3. The Morgan fingerprint density at radius 1 is 1.00 bits per heavy atom. The van der Waals surface area contributed by atoms with Crippen LogP contribution in [0.3, 0.4) is 0 Å². The van der Waals surface area contributed by atoms with Gasteiger partial charge in [-0.2, -0.15) is 0 Å². The molecule has 0 aliphatic rings. The van der Waals surface area contributed by atoms with Crippen molar-refractivity contribution in [2.75, 3.05) is 18.0 Å². The lowest BCUT2D eigenvalue weighted by Crippen LogP contribution is -2.25. The second-order valence-electron chi connectivity index (χ2n) is 5.13. The van der Waals surface area contributed by atoms with Gasteiger partial charge in [0, 0.05) is 18.8 Å². The largest absolute Gasteiger partial charge is 0.388 e. The first-order valence-electron chi connectivity index (χ1n) is 7.25. The lowest BCUT2D eigenvalue weighted by atomic mass is 10.0. The molecular weight excluding hydrogens is 246 g/mol. The van der Waals surface area contributed by atoms with Gasteiger partial charge in [-0.05, 0) is 38.0 Å². The molecule has 2 aromatic carbocycles. The third-order valence-corrected chi connectivity index (χ3v) is 3.64. The molecule has 20 heavy (non-hydrogen) atoms. The molecule has 1 N–H and O–H groups in total. The third kappa shape index (κ3) is 3.84. The molecule has 0 saturated heterocycles. The Labute approximate surface area is 121 Å². The summed E-state index contributed by atoms with van der Waals surface area (Å²) in [7, 11) is 0. The van der Waals surface area contributed by atoms with E-state index < -0.39 is 6.10 Å². The maximum Gasteiger partial charge on any atom is 0.0806 e. The Morgan fingerprint density at radius 3 is 2.25 bits per heavy atom. The number of hydrogen-bond donors (Lipinski definition) is 1. The lowest BCUT2D eigenvalue weighted by molar-refractivity contribution is 0.169. The van der Waals surface area contributed by atoms with Gasteiger partial charge < -0.3 is 10.0 Å². The summed E-state index contributed by atoms with van der Waals surface area (Å²) in [5, 5.41) is 10.3. The van der Waals surface area contributed by atoms with Crippen molar-refractivity contribution in [2.24, 2.45) is 0 Å². The van der Waals surface area contributed by atoms with Gasteiger partial charge >= 0.3 is 0 Å². The third-order valence-electron chi connectivity index (χ3n) is 3.64. The van der Waals surface area contributed by atoms with Crippen LogP contribution in [-0.4, -0.2) is 18.2 Å². The summed E-state index contributed by atoms with van der Waals surface area (Å²) in [6, 6.07) is 18.5. The van der Waals surface area contributed by atoms with Gasteiger partial charge in [0.1, 0.15) is 0 Å². The molecule has 1 atom stereocenters. The highest BCUT2D eigenvalue weighted by Gasteiger charge is 2.10. The van der Waals surface area contributed by atoms with Crippen LogP contribution in [-0.2, 0) is 0 Å². The average Bonchev–Trinajstić information content (AvgIpc) is 2.49. The van der Waals surface area contributed by atoms with E-state index in [9.17, 15) is 5.11 Å². The van der Waals surface area contributed by atoms with Crippen LogP contribution >= 0.6 is 0 Å². The zero-order valence-corrected chi connectivity index (χ0v) is 12.3. The summed E-state index contributed by atoms with van der Waals surface area (Å²) in [5.74, 6) is 0. The molecule has 0 aliphatic carbocycles. The van der Waals surface area contributed by atoms with E-state index in [1.165, 1.54) is 11.3 Å². The summed E-state index contributed by atoms with van der Waals surface area (Å²) in [4.78, 5) is 2.29. The predicted molar refractivity (Wildman–Crippen MR) is 85.1 cm³/mol. The van der Waals surface area contributed by atoms with Crippen molar-refractivity contribution < 1.29 is 5.11 Å². The second-order valence-corrected chi connectivity index (χ2v) is 5.13. The summed E-state index contributed by atoms with van der Waals surface area (Å²) in [6.07, 6.45) is 0.347. The van der Waals surface area contributed by atoms with E-state index in [0.29, 0.717) is 0 Å². The number of para-hydroxylation sites is 1. The minimum Gasteiger partial charge on any atom is -0.388 e. The van der Waals surface area contributed by atoms with Crippen LogP contribution in [0.25, 0.3) is 0 Å². The molecule has 0 saturated carbocycles. The number of hydrogen-bond acceptors (Lipinski definition) is 2. The Kier molecular flexibility index (Phi) is 5.19. The van der Waals surface area contributed by atoms with Gasteiger partial charge in [-0.1, -0.05) is 48.0 Å². The van der Waals surface area contributed by atoms with E-state index in [1.54, 1.807) is 0 Å². The topological polar surface area (TPSA) is 23.5 Å². The van der Waals surface area contributed by atoms with Crippen LogP contribution in [0.2, 0.25) is 0 Å². The zero-order chi connectivity index (χ0) is 14.4. The molecular formula is C18H23NO. The van der Waals surface area contributed by atoms with Crippen LogP contribution < -0.4 is 4.90 Å². The molecule has 0 radical (unpaired) electrons. The highest BCUT2D eigenvalue weighted by molar-refractivity contribution is 5.45. The Hall–Kier alpha value is -1.80. The van der Waals surface area contributed by atoms with Gasteiger partial charge in [0.2, 0.25) is 0 Å². The lowest BCUT2D eigenvalue weighted by Gasteiger charge is -2.24. The van der Waals surface area contributed by atoms with Crippen LogP contribution in [0.5, 0.6) is 0 Å². The van der Waals surface area contributed by atoms with E-state index in [4.69, 9.17) is 0 Å². The quantitative estimate of drug-likeness (QED) is 0.858. The number of benzene rings is 2. The number of anilines is 1. The van der Waals surface area contributed by atoms with Crippen LogP contribution in [0, 0.1) is 6.92 Å². The van der Waals surface area contributed by atoms with Crippen molar-refractivity contribution in [3.05, 3.63) is 65.7 Å². The smallest absolute Gasteiger partial charge is 0.0806 e. The zero-order valence-electron chi connectivity index (χ0n) is 12.3. The molecule has 2 heteroatoms. The van der Waals surface area contributed by atoms with Crippen LogP contribution in [0.4, 0.5) is 5.69 Å². The van der Waals surface area contributed by atoms with Gasteiger partial charge in [-0.15, -0.1) is 0 Å². The minimum absolute atomic E-state index is 0.395. The van der Waals surface area contributed by atoms with E-state index in [2.05, 4.69) is 30.9 Å². The van der Waals surface area contributed by atoms with Gasteiger partial charge in [-0.3, -0.25) is 0 Å². The standard InChI is InChI=1S/C18H23NO/c1-3-19(17-7-5-4-6-8-17)14-13-18(20)16-11-9-15(2)10-12-16/h4-12,18,20H,3,13-14H2,1-2H3. The predicted octanol–water partition coefficient (Wildman–Crippen LogP) is 3.95. The van der Waals surface area contributed by atoms with E-state index in [0.717, 1.165) is 25.1 Å². The Balaban J connectivity index is 1.94. The molecule has 2 rings (SSSR count). The van der Waals surface area contributed by atoms with E-state index in [1.807, 2.05) is 42.5 Å².